The number of anilines is 1. The van der Waals surface area contributed by atoms with Crippen LogP contribution in [0.1, 0.15) is 23.1 Å². The Morgan fingerprint density at radius 2 is 1.34 bits per heavy atom. The van der Waals surface area contributed by atoms with Gasteiger partial charge in [0.1, 0.15) is 0 Å². The Morgan fingerprint density at radius 3 is 1.93 bits per heavy atom. The quantitative estimate of drug-likeness (QED) is 0.570. The molecule has 0 saturated heterocycles. The number of sulfone groups is 1. The molecule has 0 saturated carbocycles. The zero-order valence-corrected chi connectivity index (χ0v) is 17.5. The van der Waals surface area contributed by atoms with Crippen molar-refractivity contribution in [2.45, 2.75) is 31.7 Å². The normalized spacial score (nSPS) is 11.2. The largest absolute Gasteiger partial charge is 0.308 e. The SMILES string of the molecule is Cc1ccc(N(Cc2ccccc2)C(=O)CCS(=O)(=O)c2ccc(C)cc2)cc1. The summed E-state index contributed by atoms with van der Waals surface area (Å²) in [6, 6.07) is 24.1. The number of hydrogen-bond acceptors (Lipinski definition) is 3. The summed E-state index contributed by atoms with van der Waals surface area (Å²) in [6.07, 6.45) is -0.0725. The third-order valence-corrected chi connectivity index (χ3v) is 6.53. The van der Waals surface area contributed by atoms with Crippen molar-refractivity contribution < 1.29 is 13.2 Å². The van der Waals surface area contributed by atoms with E-state index in [1.54, 1.807) is 29.2 Å². The zero-order chi connectivity index (χ0) is 20.9. The first kappa shape index (κ1) is 20.8. The highest BCUT2D eigenvalue weighted by Gasteiger charge is 2.21. The summed E-state index contributed by atoms with van der Waals surface area (Å²) < 4.78 is 25.3. The second kappa shape index (κ2) is 9.05. The molecule has 0 aliphatic heterocycles. The molecule has 150 valence electrons. The minimum absolute atomic E-state index is 0.0725. The molecule has 0 radical (unpaired) electrons. The van der Waals surface area contributed by atoms with E-state index in [0.717, 1.165) is 22.4 Å². The minimum Gasteiger partial charge on any atom is -0.308 e. The molecule has 0 atom stereocenters. The lowest BCUT2D eigenvalue weighted by molar-refractivity contribution is -0.118. The third kappa shape index (κ3) is 5.55. The van der Waals surface area contributed by atoms with Gasteiger partial charge in [0.05, 0.1) is 17.2 Å². The van der Waals surface area contributed by atoms with Gasteiger partial charge in [0.25, 0.3) is 0 Å². The topological polar surface area (TPSA) is 54.5 Å². The van der Waals surface area contributed by atoms with Gasteiger partial charge in [0, 0.05) is 12.1 Å². The van der Waals surface area contributed by atoms with E-state index >= 15 is 0 Å². The molecule has 3 aromatic rings. The van der Waals surface area contributed by atoms with Crippen molar-refractivity contribution in [2.24, 2.45) is 0 Å². The first-order valence-corrected chi connectivity index (χ1v) is 11.2. The van der Waals surface area contributed by atoms with Crippen LogP contribution in [0.15, 0.2) is 83.8 Å². The Morgan fingerprint density at radius 1 is 0.793 bits per heavy atom. The Hall–Kier alpha value is -2.92. The number of rotatable bonds is 7. The number of benzene rings is 3. The van der Waals surface area contributed by atoms with Gasteiger partial charge in [-0.05, 0) is 43.7 Å². The standard InChI is InChI=1S/C24H25NO3S/c1-19-8-12-22(13-9-19)25(18-21-6-4-3-5-7-21)24(26)16-17-29(27,28)23-14-10-20(2)11-15-23/h3-15H,16-18H2,1-2H3. The molecule has 1 amide bonds. The van der Waals surface area contributed by atoms with Crippen molar-refractivity contribution in [1.82, 2.24) is 0 Å². The maximum atomic E-state index is 13.0. The summed E-state index contributed by atoms with van der Waals surface area (Å²) in [5, 5.41) is 0. The summed E-state index contributed by atoms with van der Waals surface area (Å²) >= 11 is 0. The summed E-state index contributed by atoms with van der Waals surface area (Å²) in [5.41, 5.74) is 3.84. The van der Waals surface area contributed by atoms with Gasteiger partial charge in [0.15, 0.2) is 9.84 Å². The smallest absolute Gasteiger partial charge is 0.228 e. The van der Waals surface area contributed by atoms with Crippen LogP contribution in [0.25, 0.3) is 0 Å². The van der Waals surface area contributed by atoms with Crippen LogP contribution in [-0.4, -0.2) is 20.1 Å². The van der Waals surface area contributed by atoms with Crippen molar-refractivity contribution in [3.63, 3.8) is 0 Å². The Labute approximate surface area is 172 Å². The van der Waals surface area contributed by atoms with Gasteiger partial charge in [-0.3, -0.25) is 4.79 Å². The van der Waals surface area contributed by atoms with Crippen LogP contribution in [0.2, 0.25) is 0 Å². The van der Waals surface area contributed by atoms with Crippen LogP contribution in [0.3, 0.4) is 0 Å². The number of nitrogens with zero attached hydrogens (tertiary/aromatic N) is 1. The Bertz CT molecular complexity index is 1060. The average molecular weight is 408 g/mol. The van der Waals surface area contributed by atoms with Crippen LogP contribution >= 0.6 is 0 Å². The van der Waals surface area contributed by atoms with Crippen LogP contribution in [0.5, 0.6) is 0 Å². The maximum absolute atomic E-state index is 13.0. The Kier molecular flexibility index (Phi) is 6.49. The predicted molar refractivity (Wildman–Crippen MR) is 117 cm³/mol. The average Bonchev–Trinajstić information content (AvgIpc) is 2.72. The highest BCUT2D eigenvalue weighted by atomic mass is 32.2. The van der Waals surface area contributed by atoms with Crippen molar-refractivity contribution in [1.29, 1.82) is 0 Å². The summed E-state index contributed by atoms with van der Waals surface area (Å²) in [5.74, 6) is -0.431. The summed E-state index contributed by atoms with van der Waals surface area (Å²) in [6.45, 7) is 4.29. The van der Waals surface area contributed by atoms with Crippen molar-refractivity contribution >= 4 is 21.4 Å². The van der Waals surface area contributed by atoms with Gasteiger partial charge in [-0.2, -0.15) is 0 Å². The number of hydrogen-bond donors (Lipinski definition) is 0. The second-order valence-corrected chi connectivity index (χ2v) is 9.29. The van der Waals surface area contributed by atoms with E-state index in [4.69, 9.17) is 0 Å². The maximum Gasteiger partial charge on any atom is 0.228 e. The van der Waals surface area contributed by atoms with E-state index in [1.165, 1.54) is 0 Å². The highest BCUT2D eigenvalue weighted by Crippen LogP contribution is 2.21. The first-order chi connectivity index (χ1) is 13.8. The molecule has 0 aromatic heterocycles. The summed E-state index contributed by atoms with van der Waals surface area (Å²) in [7, 11) is -3.51. The second-order valence-electron chi connectivity index (χ2n) is 7.18. The molecule has 0 bridgehead atoms. The van der Waals surface area contributed by atoms with Crippen molar-refractivity contribution in [3.05, 3.63) is 95.6 Å². The van der Waals surface area contributed by atoms with E-state index in [0.29, 0.717) is 6.54 Å². The van der Waals surface area contributed by atoms with Crippen molar-refractivity contribution in [2.75, 3.05) is 10.7 Å². The molecule has 5 heteroatoms. The fourth-order valence-electron chi connectivity index (χ4n) is 3.03. The number of aryl methyl sites for hydroxylation is 2. The van der Waals surface area contributed by atoms with Crippen LogP contribution in [0, 0.1) is 13.8 Å². The molecule has 0 aliphatic rings. The van der Waals surface area contributed by atoms with Crippen LogP contribution in [0.4, 0.5) is 5.69 Å². The van der Waals surface area contributed by atoms with Gasteiger partial charge in [-0.25, -0.2) is 8.42 Å². The van der Waals surface area contributed by atoms with E-state index in [9.17, 15) is 13.2 Å². The summed E-state index contributed by atoms with van der Waals surface area (Å²) in [4.78, 5) is 14.9. The molecular weight excluding hydrogens is 382 g/mol. The monoisotopic (exact) mass is 407 g/mol. The lowest BCUT2D eigenvalue weighted by atomic mass is 10.1. The Balaban J connectivity index is 1.78. The molecule has 0 N–H and O–H groups in total. The van der Waals surface area contributed by atoms with E-state index in [-0.39, 0.29) is 23.0 Å². The number of carbonyl (C=O) groups excluding carboxylic acids is 1. The minimum atomic E-state index is -3.51. The lowest BCUT2D eigenvalue weighted by Crippen LogP contribution is -2.31. The third-order valence-electron chi connectivity index (χ3n) is 4.79. The van der Waals surface area contributed by atoms with E-state index in [1.807, 2.05) is 68.4 Å². The molecule has 0 heterocycles. The zero-order valence-electron chi connectivity index (χ0n) is 16.7. The molecule has 3 rings (SSSR count). The lowest BCUT2D eigenvalue weighted by Gasteiger charge is -2.23. The number of amides is 1. The van der Waals surface area contributed by atoms with E-state index in [2.05, 4.69) is 0 Å². The first-order valence-electron chi connectivity index (χ1n) is 9.55. The predicted octanol–water partition coefficient (Wildman–Crippen LogP) is 4.70. The molecule has 0 fully saturated rings. The molecule has 0 unspecified atom stereocenters. The molecule has 29 heavy (non-hydrogen) atoms. The van der Waals surface area contributed by atoms with Crippen molar-refractivity contribution in [3.8, 4) is 0 Å². The molecule has 3 aromatic carbocycles. The van der Waals surface area contributed by atoms with Gasteiger partial charge in [-0.15, -0.1) is 0 Å². The van der Waals surface area contributed by atoms with E-state index < -0.39 is 9.84 Å². The molecular formula is C24H25NO3S. The fourth-order valence-corrected chi connectivity index (χ4v) is 4.26. The molecule has 4 nitrogen and oxygen atoms in total. The van der Waals surface area contributed by atoms with Gasteiger partial charge in [-0.1, -0.05) is 65.7 Å². The fraction of sp³-hybridized carbons (Fsp3) is 0.208. The van der Waals surface area contributed by atoms with Gasteiger partial charge in [0.2, 0.25) is 5.91 Å². The van der Waals surface area contributed by atoms with Crippen LogP contribution in [-0.2, 0) is 21.2 Å². The van der Waals surface area contributed by atoms with Gasteiger partial charge < -0.3 is 4.90 Å². The highest BCUT2D eigenvalue weighted by molar-refractivity contribution is 7.91. The molecule has 0 spiro atoms. The molecule has 0 aliphatic carbocycles. The van der Waals surface area contributed by atoms with Crippen LogP contribution < -0.4 is 4.90 Å². The number of carbonyl (C=O) groups is 1. The van der Waals surface area contributed by atoms with Gasteiger partial charge >= 0.3 is 0 Å².